The summed E-state index contributed by atoms with van der Waals surface area (Å²) in [7, 11) is 0. The Hall–Kier alpha value is -2.83. The second-order valence-corrected chi connectivity index (χ2v) is 9.56. The number of hydrogen-bond donors (Lipinski definition) is 3. The van der Waals surface area contributed by atoms with Crippen LogP contribution < -0.4 is 10.6 Å². The molecule has 0 aliphatic carbocycles. The molecule has 0 spiro atoms. The van der Waals surface area contributed by atoms with E-state index in [0.29, 0.717) is 21.6 Å². The molecule has 7 heteroatoms. The predicted octanol–water partition coefficient (Wildman–Crippen LogP) is 5.41. The van der Waals surface area contributed by atoms with E-state index in [1.807, 2.05) is 36.4 Å². The number of H-pyrrole nitrogens is 1. The van der Waals surface area contributed by atoms with Gasteiger partial charge in [0.05, 0.1) is 30.2 Å². The van der Waals surface area contributed by atoms with Crippen LogP contribution in [-0.4, -0.2) is 47.1 Å². The Labute approximate surface area is 199 Å². The number of nitrogens with zero attached hydrogens (tertiary/aromatic N) is 1. The maximum atomic E-state index is 13.3. The molecule has 2 heterocycles. The lowest BCUT2D eigenvalue weighted by Crippen LogP contribution is -2.63. The number of rotatable bonds is 6. The highest BCUT2D eigenvalue weighted by Gasteiger charge is 2.41. The molecule has 1 aliphatic rings. The minimum absolute atomic E-state index is 0.0438. The minimum Gasteiger partial charge on any atom is -0.360 e. The molecule has 33 heavy (non-hydrogen) atoms. The fourth-order valence-corrected chi connectivity index (χ4v) is 5.01. The number of amides is 3. The normalized spacial score (nSPS) is 16.5. The summed E-state index contributed by atoms with van der Waals surface area (Å²) in [4.78, 5) is 29.5. The molecule has 4 rings (SSSR count). The minimum atomic E-state index is -0.345. The molecule has 0 saturated carbocycles. The van der Waals surface area contributed by atoms with Crippen LogP contribution in [0.5, 0.6) is 0 Å². The van der Waals surface area contributed by atoms with Gasteiger partial charge < -0.3 is 15.6 Å². The molecule has 174 valence electrons. The number of carbonyl (C=O) groups is 2. The van der Waals surface area contributed by atoms with Crippen LogP contribution in [0.1, 0.15) is 55.1 Å². The van der Waals surface area contributed by atoms with Crippen molar-refractivity contribution in [1.82, 2.24) is 15.6 Å². The number of aromatic nitrogens is 1. The lowest BCUT2D eigenvalue weighted by molar-refractivity contribution is -0.876. The number of hydrogen-bond acceptors (Lipinski definition) is 2. The van der Waals surface area contributed by atoms with Crippen molar-refractivity contribution in [3.63, 3.8) is 0 Å². The maximum Gasteiger partial charge on any atom is 0.416 e. The first-order valence-corrected chi connectivity index (χ1v) is 12.1. The summed E-state index contributed by atoms with van der Waals surface area (Å²) < 4.78 is 0.458. The average molecular weight is 468 g/mol. The summed E-state index contributed by atoms with van der Waals surface area (Å²) in [5.74, 6) is -0.198. The Balaban J connectivity index is 1.51. The second kappa shape index (κ2) is 9.98. The summed E-state index contributed by atoms with van der Waals surface area (Å²) in [5.41, 5.74) is 2.30. The number of aromatic amines is 1. The van der Waals surface area contributed by atoms with E-state index in [1.54, 1.807) is 18.3 Å². The largest absolute Gasteiger partial charge is 0.416 e. The molecule has 6 nitrogen and oxygen atoms in total. The molecule has 0 bridgehead atoms. The summed E-state index contributed by atoms with van der Waals surface area (Å²) in [5, 5.41) is 7.78. The van der Waals surface area contributed by atoms with Gasteiger partial charge in [-0.2, -0.15) is 0 Å². The van der Waals surface area contributed by atoms with E-state index in [-0.39, 0.29) is 24.0 Å². The summed E-state index contributed by atoms with van der Waals surface area (Å²) in [6.07, 6.45) is 5.02. The highest BCUT2D eigenvalue weighted by molar-refractivity contribution is 6.35. The third-order valence-electron chi connectivity index (χ3n) is 6.87. The lowest BCUT2D eigenvalue weighted by atomic mass is 10.0. The van der Waals surface area contributed by atoms with Crippen molar-refractivity contribution in [3.05, 3.63) is 70.9 Å². The van der Waals surface area contributed by atoms with Gasteiger partial charge in [0.15, 0.2) is 0 Å². The number of benzene rings is 2. The third kappa shape index (κ3) is 4.92. The van der Waals surface area contributed by atoms with Crippen molar-refractivity contribution in [2.45, 2.75) is 45.2 Å². The molecule has 3 amide bonds. The van der Waals surface area contributed by atoms with Crippen LogP contribution in [0.4, 0.5) is 4.79 Å². The first kappa shape index (κ1) is 23.3. The molecule has 1 saturated heterocycles. The van der Waals surface area contributed by atoms with Crippen molar-refractivity contribution in [1.29, 1.82) is 0 Å². The van der Waals surface area contributed by atoms with Crippen LogP contribution in [0.3, 0.4) is 0 Å². The Kier molecular flexibility index (Phi) is 7.05. The number of quaternary nitrogens is 1. The van der Waals surface area contributed by atoms with Gasteiger partial charge in [-0.3, -0.25) is 4.79 Å². The van der Waals surface area contributed by atoms with Gasteiger partial charge in [0.1, 0.15) is 0 Å². The monoisotopic (exact) mass is 467 g/mol. The van der Waals surface area contributed by atoms with Crippen LogP contribution in [-0.2, 0) is 0 Å². The van der Waals surface area contributed by atoms with Crippen molar-refractivity contribution in [2.75, 3.05) is 19.6 Å². The third-order valence-corrected chi connectivity index (χ3v) is 7.18. The van der Waals surface area contributed by atoms with Crippen LogP contribution in [0.25, 0.3) is 10.9 Å². The van der Waals surface area contributed by atoms with Gasteiger partial charge in [-0.25, -0.2) is 9.28 Å². The Morgan fingerprint density at radius 2 is 1.79 bits per heavy atom. The smallest absolute Gasteiger partial charge is 0.360 e. The summed E-state index contributed by atoms with van der Waals surface area (Å²) >= 11 is 6.16. The van der Waals surface area contributed by atoms with E-state index < -0.39 is 0 Å². The van der Waals surface area contributed by atoms with Crippen molar-refractivity contribution in [2.24, 2.45) is 0 Å². The maximum absolute atomic E-state index is 13.3. The zero-order valence-electron chi connectivity index (χ0n) is 19.2. The second-order valence-electron chi connectivity index (χ2n) is 9.16. The molecular weight excluding hydrogens is 436 g/mol. The van der Waals surface area contributed by atoms with E-state index in [4.69, 9.17) is 11.6 Å². The van der Waals surface area contributed by atoms with Gasteiger partial charge in [0, 0.05) is 29.2 Å². The Morgan fingerprint density at radius 1 is 1.06 bits per heavy atom. The average Bonchev–Trinajstić information content (AvgIpc) is 3.22. The Bertz CT molecular complexity index is 1120. The zero-order chi connectivity index (χ0) is 23.4. The standard InChI is InChI=1S/C26H31ClN4O2/c1-18(2)31(13-7-4-8-14-31)26(33)29-17-24(19-9-5-3-6-10-19)30-25(32)20-11-12-21-22(27)16-28-23(21)15-20/h3,5-6,9-12,15-16,18,24H,4,7-8,13-14,17H2,1-2H3,(H2-,28,29,30,32,33)/p+1/t24-/m0/s1. The number of fused-ring (bicyclic) bond motifs is 1. The number of halogens is 1. The van der Waals surface area contributed by atoms with E-state index in [2.05, 4.69) is 29.5 Å². The van der Waals surface area contributed by atoms with E-state index >= 15 is 0 Å². The SMILES string of the molecule is CC(C)[N+]1(C(=O)NC[C@H](NC(=O)c2ccc3c(Cl)c[nH]c3c2)c2ccccc2)CCCCC1. The zero-order valence-corrected chi connectivity index (χ0v) is 20.0. The quantitative estimate of drug-likeness (QED) is 0.424. The molecule has 1 fully saturated rings. The van der Waals surface area contributed by atoms with Gasteiger partial charge in [-0.05, 0) is 50.8 Å². The van der Waals surface area contributed by atoms with E-state index in [9.17, 15) is 9.59 Å². The van der Waals surface area contributed by atoms with Crippen molar-refractivity contribution in [3.8, 4) is 0 Å². The number of carbonyl (C=O) groups excluding carboxylic acids is 2. The van der Waals surface area contributed by atoms with Gasteiger partial charge in [-0.15, -0.1) is 0 Å². The molecule has 0 unspecified atom stereocenters. The molecule has 1 aliphatic heterocycles. The molecule has 2 aromatic carbocycles. The molecule has 3 N–H and O–H groups in total. The molecule has 0 radical (unpaired) electrons. The van der Waals surface area contributed by atoms with Crippen molar-refractivity contribution < 1.29 is 14.1 Å². The van der Waals surface area contributed by atoms with E-state index in [1.165, 1.54) is 6.42 Å². The topological polar surface area (TPSA) is 74.0 Å². The number of urea groups is 1. The first-order valence-electron chi connectivity index (χ1n) is 11.7. The van der Waals surface area contributed by atoms with Crippen LogP contribution in [0.2, 0.25) is 5.02 Å². The fourth-order valence-electron chi connectivity index (χ4n) is 4.79. The highest BCUT2D eigenvalue weighted by atomic mass is 35.5. The van der Waals surface area contributed by atoms with Crippen LogP contribution in [0, 0.1) is 0 Å². The molecule has 3 aromatic rings. The summed E-state index contributed by atoms with van der Waals surface area (Å²) in [6.45, 7) is 6.29. The van der Waals surface area contributed by atoms with Gasteiger partial charge in [-0.1, -0.05) is 48.0 Å². The van der Waals surface area contributed by atoms with Gasteiger partial charge >= 0.3 is 6.03 Å². The van der Waals surface area contributed by atoms with Crippen molar-refractivity contribution >= 4 is 34.4 Å². The van der Waals surface area contributed by atoms with Gasteiger partial charge in [0.25, 0.3) is 5.91 Å². The highest BCUT2D eigenvalue weighted by Crippen LogP contribution is 2.25. The van der Waals surface area contributed by atoms with E-state index in [0.717, 1.165) is 42.4 Å². The number of piperidine rings is 1. The number of likely N-dealkylation sites (tertiary alicyclic amines) is 1. The molecule has 1 atom stereocenters. The van der Waals surface area contributed by atoms with Crippen LogP contribution in [0.15, 0.2) is 54.7 Å². The Morgan fingerprint density at radius 3 is 2.48 bits per heavy atom. The fraction of sp³-hybridized carbons (Fsp3) is 0.385. The first-order chi connectivity index (χ1) is 15.9. The predicted molar refractivity (Wildman–Crippen MR) is 132 cm³/mol. The summed E-state index contributed by atoms with van der Waals surface area (Å²) in [6, 6.07) is 15.1. The van der Waals surface area contributed by atoms with Gasteiger partial charge in [0.2, 0.25) is 0 Å². The lowest BCUT2D eigenvalue weighted by Gasteiger charge is -2.42. The number of nitrogens with one attached hydrogen (secondary N) is 3. The molecular formula is C26H32ClN4O2+. The molecule has 1 aromatic heterocycles. The van der Waals surface area contributed by atoms with Crippen LogP contribution >= 0.6 is 11.6 Å².